The monoisotopic (exact) mass is 330 g/mol. The van der Waals surface area contributed by atoms with Crippen LogP contribution >= 0.6 is 0 Å². The standard InChI is InChI=1S/C21H18N2O2/c1-25-19-14-8-13-18(21(19)24)15-22-23-20(16-9-4-2-5-10-16)17-11-6-3-7-12-17/h2-15,24H,1H3/b22-15+. The molecular weight excluding hydrogens is 312 g/mol. The topological polar surface area (TPSA) is 54.2 Å². The number of para-hydroxylation sites is 1. The molecule has 4 nitrogen and oxygen atoms in total. The number of ether oxygens (including phenoxy) is 1. The number of benzene rings is 3. The summed E-state index contributed by atoms with van der Waals surface area (Å²) in [5.41, 5.74) is 3.25. The minimum atomic E-state index is 0.0462. The van der Waals surface area contributed by atoms with Crippen LogP contribution in [0, 0.1) is 0 Å². The third-order valence-corrected chi connectivity index (χ3v) is 3.70. The maximum atomic E-state index is 10.1. The Morgan fingerprint density at radius 3 is 2.00 bits per heavy atom. The summed E-state index contributed by atoms with van der Waals surface area (Å²) in [6.45, 7) is 0. The maximum Gasteiger partial charge on any atom is 0.166 e. The van der Waals surface area contributed by atoms with Crippen LogP contribution in [0.2, 0.25) is 0 Å². The van der Waals surface area contributed by atoms with E-state index in [0.717, 1.165) is 16.8 Å². The van der Waals surface area contributed by atoms with E-state index in [1.807, 2.05) is 60.7 Å². The number of rotatable bonds is 5. The minimum Gasteiger partial charge on any atom is -0.504 e. The third-order valence-electron chi connectivity index (χ3n) is 3.70. The molecular formula is C21H18N2O2. The van der Waals surface area contributed by atoms with E-state index in [9.17, 15) is 5.11 Å². The number of methoxy groups -OCH3 is 1. The molecule has 0 saturated heterocycles. The zero-order valence-corrected chi connectivity index (χ0v) is 13.8. The first-order valence-electron chi connectivity index (χ1n) is 7.87. The van der Waals surface area contributed by atoms with Gasteiger partial charge in [0.15, 0.2) is 11.5 Å². The van der Waals surface area contributed by atoms with Gasteiger partial charge in [-0.2, -0.15) is 5.10 Å². The van der Waals surface area contributed by atoms with E-state index in [0.29, 0.717) is 11.3 Å². The third kappa shape index (κ3) is 3.93. The quantitative estimate of drug-likeness (QED) is 0.561. The van der Waals surface area contributed by atoms with Crippen LogP contribution in [0.15, 0.2) is 89.1 Å². The van der Waals surface area contributed by atoms with Crippen molar-refractivity contribution in [2.45, 2.75) is 0 Å². The molecule has 0 aromatic heterocycles. The Morgan fingerprint density at radius 1 is 0.840 bits per heavy atom. The van der Waals surface area contributed by atoms with Gasteiger partial charge in [0.2, 0.25) is 0 Å². The molecule has 3 aromatic rings. The number of nitrogens with zero attached hydrogens (tertiary/aromatic N) is 2. The highest BCUT2D eigenvalue weighted by Gasteiger charge is 2.07. The number of phenols is 1. The summed E-state index contributed by atoms with van der Waals surface area (Å²) in [6, 6.07) is 25.0. The van der Waals surface area contributed by atoms with Gasteiger partial charge in [-0.3, -0.25) is 0 Å². The molecule has 0 heterocycles. The van der Waals surface area contributed by atoms with Crippen LogP contribution in [-0.2, 0) is 0 Å². The minimum absolute atomic E-state index is 0.0462. The zero-order valence-electron chi connectivity index (χ0n) is 13.8. The molecule has 0 saturated carbocycles. The lowest BCUT2D eigenvalue weighted by molar-refractivity contribution is 0.373. The summed E-state index contributed by atoms with van der Waals surface area (Å²) in [5.74, 6) is 0.448. The van der Waals surface area contributed by atoms with E-state index in [1.165, 1.54) is 13.3 Å². The summed E-state index contributed by atoms with van der Waals surface area (Å²) in [7, 11) is 1.51. The van der Waals surface area contributed by atoms with Crippen molar-refractivity contribution in [1.29, 1.82) is 0 Å². The Balaban J connectivity index is 1.97. The number of phenolic OH excluding ortho intramolecular Hbond substituents is 1. The van der Waals surface area contributed by atoms with Crippen molar-refractivity contribution >= 4 is 11.9 Å². The molecule has 0 bridgehead atoms. The van der Waals surface area contributed by atoms with Crippen LogP contribution in [0.25, 0.3) is 0 Å². The van der Waals surface area contributed by atoms with Crippen molar-refractivity contribution < 1.29 is 9.84 Å². The van der Waals surface area contributed by atoms with E-state index in [-0.39, 0.29) is 5.75 Å². The van der Waals surface area contributed by atoms with Crippen LogP contribution in [0.5, 0.6) is 11.5 Å². The smallest absolute Gasteiger partial charge is 0.166 e. The zero-order chi connectivity index (χ0) is 17.5. The van der Waals surface area contributed by atoms with Crippen molar-refractivity contribution in [3.8, 4) is 11.5 Å². The van der Waals surface area contributed by atoms with Gasteiger partial charge in [-0.25, -0.2) is 0 Å². The molecule has 3 rings (SSSR count). The molecule has 0 atom stereocenters. The van der Waals surface area contributed by atoms with Gasteiger partial charge < -0.3 is 9.84 Å². The van der Waals surface area contributed by atoms with Crippen LogP contribution in [0.4, 0.5) is 0 Å². The molecule has 25 heavy (non-hydrogen) atoms. The lowest BCUT2D eigenvalue weighted by Gasteiger charge is -2.06. The molecule has 0 aliphatic heterocycles. The van der Waals surface area contributed by atoms with Gasteiger partial charge in [-0.15, -0.1) is 5.10 Å². The number of aromatic hydroxyl groups is 1. The summed E-state index contributed by atoms with van der Waals surface area (Å²) in [5, 5.41) is 18.7. The Morgan fingerprint density at radius 2 is 1.44 bits per heavy atom. The highest BCUT2D eigenvalue weighted by molar-refractivity contribution is 6.13. The van der Waals surface area contributed by atoms with E-state index in [1.54, 1.807) is 18.2 Å². The first-order valence-corrected chi connectivity index (χ1v) is 7.87. The SMILES string of the molecule is COc1cccc(/C=N/N=C(c2ccccc2)c2ccccc2)c1O. The van der Waals surface area contributed by atoms with E-state index in [2.05, 4.69) is 10.2 Å². The second-order valence-electron chi connectivity index (χ2n) is 5.32. The van der Waals surface area contributed by atoms with Crippen molar-refractivity contribution in [2.75, 3.05) is 7.11 Å². The van der Waals surface area contributed by atoms with Gasteiger partial charge in [0.25, 0.3) is 0 Å². The van der Waals surface area contributed by atoms with Gasteiger partial charge in [0.1, 0.15) is 5.71 Å². The molecule has 0 unspecified atom stereocenters. The van der Waals surface area contributed by atoms with Gasteiger partial charge in [0.05, 0.1) is 13.3 Å². The average Bonchev–Trinajstić information content (AvgIpc) is 2.68. The fourth-order valence-corrected chi connectivity index (χ4v) is 2.43. The summed E-state index contributed by atoms with van der Waals surface area (Å²) < 4.78 is 5.10. The molecule has 3 aromatic carbocycles. The molecule has 1 N–H and O–H groups in total. The highest BCUT2D eigenvalue weighted by atomic mass is 16.5. The molecule has 0 aliphatic carbocycles. The second-order valence-corrected chi connectivity index (χ2v) is 5.32. The Hall–Kier alpha value is -3.40. The fraction of sp³-hybridized carbons (Fsp3) is 0.0476. The summed E-state index contributed by atoms with van der Waals surface area (Å²) >= 11 is 0. The normalized spacial score (nSPS) is 10.6. The van der Waals surface area contributed by atoms with Gasteiger partial charge in [0, 0.05) is 16.7 Å². The molecule has 4 heteroatoms. The van der Waals surface area contributed by atoms with Crippen LogP contribution in [0.3, 0.4) is 0 Å². The second kappa shape index (κ2) is 7.93. The largest absolute Gasteiger partial charge is 0.504 e. The van der Waals surface area contributed by atoms with E-state index >= 15 is 0 Å². The molecule has 0 spiro atoms. The first-order chi connectivity index (χ1) is 12.3. The van der Waals surface area contributed by atoms with E-state index < -0.39 is 0 Å². The Labute approximate surface area is 146 Å². The molecule has 0 fully saturated rings. The van der Waals surface area contributed by atoms with Crippen molar-refractivity contribution in [3.05, 3.63) is 95.6 Å². The Kier molecular flexibility index (Phi) is 5.22. The van der Waals surface area contributed by atoms with Crippen LogP contribution in [0.1, 0.15) is 16.7 Å². The van der Waals surface area contributed by atoms with Gasteiger partial charge >= 0.3 is 0 Å². The lowest BCUT2D eigenvalue weighted by atomic mass is 10.0. The first kappa shape index (κ1) is 16.5. The van der Waals surface area contributed by atoms with Crippen molar-refractivity contribution in [3.63, 3.8) is 0 Å². The molecule has 0 amide bonds. The van der Waals surface area contributed by atoms with E-state index in [4.69, 9.17) is 4.74 Å². The molecule has 0 radical (unpaired) electrons. The molecule has 124 valence electrons. The van der Waals surface area contributed by atoms with Crippen LogP contribution in [-0.4, -0.2) is 24.1 Å². The summed E-state index contributed by atoms with van der Waals surface area (Å²) in [4.78, 5) is 0. The number of hydrogen-bond donors (Lipinski definition) is 1. The lowest BCUT2D eigenvalue weighted by Crippen LogP contribution is -2.02. The summed E-state index contributed by atoms with van der Waals surface area (Å²) in [6.07, 6.45) is 1.52. The van der Waals surface area contributed by atoms with Gasteiger partial charge in [-0.1, -0.05) is 66.7 Å². The van der Waals surface area contributed by atoms with Crippen molar-refractivity contribution in [1.82, 2.24) is 0 Å². The number of hydrogen-bond acceptors (Lipinski definition) is 4. The fourth-order valence-electron chi connectivity index (χ4n) is 2.43. The van der Waals surface area contributed by atoms with Crippen LogP contribution < -0.4 is 4.74 Å². The Bertz CT molecular complexity index is 847. The maximum absolute atomic E-state index is 10.1. The predicted molar refractivity (Wildman–Crippen MR) is 101 cm³/mol. The average molecular weight is 330 g/mol. The van der Waals surface area contributed by atoms with Gasteiger partial charge in [-0.05, 0) is 12.1 Å². The highest BCUT2D eigenvalue weighted by Crippen LogP contribution is 2.28. The molecule has 0 aliphatic rings. The van der Waals surface area contributed by atoms with Crippen molar-refractivity contribution in [2.24, 2.45) is 10.2 Å². The predicted octanol–water partition coefficient (Wildman–Crippen LogP) is 4.27.